The Bertz CT molecular complexity index is 984. The fourth-order valence-corrected chi connectivity index (χ4v) is 2.91. The molecule has 0 fully saturated rings. The highest BCUT2D eigenvalue weighted by molar-refractivity contribution is 5.79. The SMILES string of the molecule is CCNC(=NCc1cccc([N+](=O)[O-])c1)N(C)Cc1ncc(-c2ccccc2)[nH]1. The summed E-state index contributed by atoms with van der Waals surface area (Å²) in [7, 11) is 1.93. The molecule has 0 saturated heterocycles. The van der Waals surface area contributed by atoms with E-state index in [-0.39, 0.29) is 5.69 Å². The lowest BCUT2D eigenvalue weighted by Crippen LogP contribution is -2.38. The van der Waals surface area contributed by atoms with Crippen molar-refractivity contribution in [3.8, 4) is 11.3 Å². The number of rotatable bonds is 7. The van der Waals surface area contributed by atoms with Crippen LogP contribution in [0.1, 0.15) is 18.3 Å². The third-order valence-electron chi connectivity index (χ3n) is 4.33. The molecule has 29 heavy (non-hydrogen) atoms. The van der Waals surface area contributed by atoms with E-state index in [0.29, 0.717) is 25.6 Å². The lowest BCUT2D eigenvalue weighted by molar-refractivity contribution is -0.384. The molecule has 8 nitrogen and oxygen atoms in total. The molecule has 3 aromatic rings. The van der Waals surface area contributed by atoms with Gasteiger partial charge in [0.2, 0.25) is 0 Å². The Morgan fingerprint density at radius 3 is 2.76 bits per heavy atom. The quantitative estimate of drug-likeness (QED) is 0.277. The summed E-state index contributed by atoms with van der Waals surface area (Å²) in [5.41, 5.74) is 2.90. The normalized spacial score (nSPS) is 11.3. The van der Waals surface area contributed by atoms with Crippen LogP contribution in [0.4, 0.5) is 5.69 Å². The number of H-pyrrole nitrogens is 1. The molecule has 8 heteroatoms. The summed E-state index contributed by atoms with van der Waals surface area (Å²) in [5.74, 6) is 1.53. The maximum absolute atomic E-state index is 10.9. The van der Waals surface area contributed by atoms with Gasteiger partial charge >= 0.3 is 0 Å². The van der Waals surface area contributed by atoms with E-state index in [1.807, 2.05) is 61.5 Å². The summed E-state index contributed by atoms with van der Waals surface area (Å²) in [6.45, 7) is 3.61. The number of hydrogen-bond donors (Lipinski definition) is 2. The van der Waals surface area contributed by atoms with Crippen molar-refractivity contribution in [2.75, 3.05) is 13.6 Å². The highest BCUT2D eigenvalue weighted by atomic mass is 16.6. The fraction of sp³-hybridized carbons (Fsp3) is 0.238. The summed E-state index contributed by atoms with van der Waals surface area (Å²) in [6, 6.07) is 16.6. The summed E-state index contributed by atoms with van der Waals surface area (Å²) >= 11 is 0. The first-order valence-corrected chi connectivity index (χ1v) is 9.39. The van der Waals surface area contributed by atoms with Gasteiger partial charge in [-0.3, -0.25) is 10.1 Å². The number of aromatic amines is 1. The highest BCUT2D eigenvalue weighted by Gasteiger charge is 2.11. The monoisotopic (exact) mass is 392 g/mol. The maximum atomic E-state index is 10.9. The lowest BCUT2D eigenvalue weighted by Gasteiger charge is -2.21. The third-order valence-corrected chi connectivity index (χ3v) is 4.33. The molecule has 0 atom stereocenters. The minimum Gasteiger partial charge on any atom is -0.357 e. The number of aromatic nitrogens is 2. The second kappa shape index (κ2) is 9.50. The van der Waals surface area contributed by atoms with Crippen LogP contribution < -0.4 is 5.32 Å². The van der Waals surface area contributed by atoms with Gasteiger partial charge in [0.15, 0.2) is 5.96 Å². The van der Waals surface area contributed by atoms with Crippen LogP contribution in [-0.4, -0.2) is 39.3 Å². The lowest BCUT2D eigenvalue weighted by atomic mass is 10.2. The zero-order valence-corrected chi connectivity index (χ0v) is 16.5. The smallest absolute Gasteiger partial charge is 0.269 e. The van der Waals surface area contributed by atoms with E-state index in [4.69, 9.17) is 0 Å². The van der Waals surface area contributed by atoms with E-state index < -0.39 is 4.92 Å². The molecule has 2 N–H and O–H groups in total. The van der Waals surface area contributed by atoms with Crippen LogP contribution in [0.2, 0.25) is 0 Å². The number of benzene rings is 2. The maximum Gasteiger partial charge on any atom is 0.269 e. The van der Waals surface area contributed by atoms with Crippen LogP contribution in [0.25, 0.3) is 11.3 Å². The Morgan fingerprint density at radius 2 is 2.03 bits per heavy atom. The molecule has 0 bridgehead atoms. The van der Waals surface area contributed by atoms with Gasteiger partial charge in [-0.15, -0.1) is 0 Å². The molecule has 1 heterocycles. The van der Waals surface area contributed by atoms with Gasteiger partial charge in [0.05, 0.1) is 29.9 Å². The van der Waals surface area contributed by atoms with Crippen LogP contribution in [0.3, 0.4) is 0 Å². The van der Waals surface area contributed by atoms with E-state index in [2.05, 4.69) is 20.3 Å². The van der Waals surface area contributed by atoms with Gasteiger partial charge in [-0.1, -0.05) is 42.5 Å². The molecule has 0 aliphatic heterocycles. The molecule has 0 spiro atoms. The van der Waals surface area contributed by atoms with Crippen molar-refractivity contribution in [3.63, 3.8) is 0 Å². The first-order valence-electron chi connectivity index (χ1n) is 9.39. The van der Waals surface area contributed by atoms with Crippen LogP contribution in [0.15, 0.2) is 65.8 Å². The van der Waals surface area contributed by atoms with E-state index in [0.717, 1.165) is 22.6 Å². The first-order chi connectivity index (χ1) is 14.1. The Labute approximate surface area is 169 Å². The average Bonchev–Trinajstić information content (AvgIpc) is 3.20. The van der Waals surface area contributed by atoms with Crippen molar-refractivity contribution in [2.45, 2.75) is 20.0 Å². The van der Waals surface area contributed by atoms with Crippen LogP contribution in [-0.2, 0) is 13.1 Å². The van der Waals surface area contributed by atoms with Crippen LogP contribution >= 0.6 is 0 Å². The van der Waals surface area contributed by atoms with Crippen molar-refractivity contribution in [2.24, 2.45) is 4.99 Å². The fourth-order valence-electron chi connectivity index (χ4n) is 2.91. The van der Waals surface area contributed by atoms with Crippen LogP contribution in [0, 0.1) is 10.1 Å². The standard InChI is InChI=1S/C21H24N6O2/c1-3-22-21(24-13-16-8-7-11-18(12-16)27(28)29)26(2)15-20-23-14-19(25-20)17-9-5-4-6-10-17/h4-12,14H,3,13,15H2,1-2H3,(H,22,24)(H,23,25). The molecule has 0 amide bonds. The predicted octanol–water partition coefficient (Wildman–Crippen LogP) is 3.58. The minimum atomic E-state index is -0.397. The second-order valence-electron chi connectivity index (χ2n) is 6.56. The predicted molar refractivity (Wildman–Crippen MR) is 113 cm³/mol. The molecule has 0 aliphatic rings. The van der Waals surface area contributed by atoms with Gasteiger partial charge in [0.1, 0.15) is 5.82 Å². The number of hydrogen-bond acceptors (Lipinski definition) is 4. The van der Waals surface area contributed by atoms with Crippen LogP contribution in [0.5, 0.6) is 0 Å². The van der Waals surface area contributed by atoms with E-state index in [1.54, 1.807) is 12.1 Å². The van der Waals surface area contributed by atoms with Gasteiger partial charge in [-0.2, -0.15) is 0 Å². The molecule has 0 aliphatic carbocycles. The first kappa shape index (κ1) is 20.1. The van der Waals surface area contributed by atoms with Gasteiger partial charge in [0, 0.05) is 25.7 Å². The average molecular weight is 392 g/mol. The van der Waals surface area contributed by atoms with Crippen molar-refractivity contribution in [1.29, 1.82) is 0 Å². The minimum absolute atomic E-state index is 0.0695. The zero-order valence-electron chi connectivity index (χ0n) is 16.5. The Morgan fingerprint density at radius 1 is 1.24 bits per heavy atom. The second-order valence-corrected chi connectivity index (χ2v) is 6.56. The zero-order chi connectivity index (χ0) is 20.6. The summed E-state index contributed by atoms with van der Waals surface area (Å²) in [5, 5.41) is 14.2. The third kappa shape index (κ3) is 5.41. The van der Waals surface area contributed by atoms with Gasteiger partial charge in [0.25, 0.3) is 5.69 Å². The summed E-state index contributed by atoms with van der Waals surface area (Å²) in [4.78, 5) is 24.9. The van der Waals surface area contributed by atoms with Crippen molar-refractivity contribution in [3.05, 3.63) is 82.3 Å². The number of non-ortho nitro benzene ring substituents is 1. The summed E-state index contributed by atoms with van der Waals surface area (Å²) in [6.07, 6.45) is 1.83. The largest absolute Gasteiger partial charge is 0.357 e. The highest BCUT2D eigenvalue weighted by Crippen LogP contribution is 2.17. The number of nitro groups is 1. The number of nitro benzene ring substituents is 1. The molecule has 0 unspecified atom stereocenters. The van der Waals surface area contributed by atoms with E-state index in [1.165, 1.54) is 6.07 Å². The molecular weight excluding hydrogens is 368 g/mol. The van der Waals surface area contributed by atoms with Gasteiger partial charge < -0.3 is 15.2 Å². The molecule has 150 valence electrons. The van der Waals surface area contributed by atoms with Crippen molar-refractivity contribution >= 4 is 11.6 Å². The Hall–Kier alpha value is -3.68. The number of nitrogens with one attached hydrogen (secondary N) is 2. The molecule has 1 aromatic heterocycles. The Balaban J connectivity index is 1.70. The number of imidazole rings is 1. The molecule has 2 aromatic carbocycles. The number of aliphatic imine (C=N–C) groups is 1. The van der Waals surface area contributed by atoms with E-state index in [9.17, 15) is 10.1 Å². The topological polar surface area (TPSA) is 99.4 Å². The number of guanidine groups is 1. The molecule has 0 saturated carbocycles. The Kier molecular flexibility index (Phi) is 6.57. The molecule has 3 rings (SSSR count). The molecular formula is C21H24N6O2. The van der Waals surface area contributed by atoms with Crippen molar-refractivity contribution in [1.82, 2.24) is 20.2 Å². The summed E-state index contributed by atoms with van der Waals surface area (Å²) < 4.78 is 0. The number of nitrogens with zero attached hydrogens (tertiary/aromatic N) is 4. The van der Waals surface area contributed by atoms with Gasteiger partial charge in [-0.05, 0) is 18.1 Å². The van der Waals surface area contributed by atoms with E-state index >= 15 is 0 Å². The molecule has 0 radical (unpaired) electrons. The van der Waals surface area contributed by atoms with Gasteiger partial charge in [-0.25, -0.2) is 9.98 Å². The van der Waals surface area contributed by atoms with Crippen molar-refractivity contribution < 1.29 is 4.92 Å².